The highest BCUT2D eigenvalue weighted by atomic mass is 32.1. The zero-order valence-electron chi connectivity index (χ0n) is 10.5. The molecule has 1 amide bonds. The maximum absolute atomic E-state index is 13.4. The summed E-state index contributed by atoms with van der Waals surface area (Å²) in [6.07, 6.45) is 1.10. The Morgan fingerprint density at radius 3 is 2.95 bits per heavy atom. The zero-order chi connectivity index (χ0) is 14.9. The number of amides is 1. The van der Waals surface area contributed by atoms with Crippen LogP contribution < -0.4 is 11.1 Å². The minimum Gasteiger partial charge on any atom is -0.480 e. The molecule has 0 aliphatic rings. The number of carboxylic acids is 1. The van der Waals surface area contributed by atoms with Crippen LogP contribution in [0, 0.1) is 12.7 Å². The molecule has 0 radical (unpaired) electrons. The van der Waals surface area contributed by atoms with Crippen LogP contribution in [0.3, 0.4) is 0 Å². The molecule has 0 aliphatic carbocycles. The largest absolute Gasteiger partial charge is 0.480 e. The van der Waals surface area contributed by atoms with Crippen LogP contribution in [0.4, 0.5) is 4.39 Å². The summed E-state index contributed by atoms with van der Waals surface area (Å²) in [5.41, 5.74) is 6.25. The minimum absolute atomic E-state index is 0.177. The highest BCUT2D eigenvalue weighted by Gasteiger charge is 2.16. The molecule has 4 N–H and O–H groups in total. The topological polar surface area (TPSA) is 105 Å². The Morgan fingerprint density at radius 1 is 1.60 bits per heavy atom. The van der Waals surface area contributed by atoms with Gasteiger partial charge in [-0.05, 0) is 13.0 Å². The van der Waals surface area contributed by atoms with Crippen molar-refractivity contribution in [2.75, 3.05) is 6.54 Å². The number of carboxylic acid groups (broad SMARTS) is 1. The number of aryl methyl sites for hydroxylation is 1. The molecule has 0 saturated carbocycles. The van der Waals surface area contributed by atoms with Crippen molar-refractivity contribution in [3.05, 3.63) is 28.5 Å². The van der Waals surface area contributed by atoms with E-state index in [0.717, 1.165) is 17.5 Å². The summed E-state index contributed by atoms with van der Waals surface area (Å²) in [5, 5.41) is 11.0. The molecule has 0 saturated heterocycles. The summed E-state index contributed by atoms with van der Waals surface area (Å²) in [7, 11) is 0. The minimum atomic E-state index is -1.19. The number of pyridine rings is 1. The van der Waals surface area contributed by atoms with E-state index in [2.05, 4.69) is 10.3 Å². The fourth-order valence-corrected chi connectivity index (χ4v) is 2.59. The van der Waals surface area contributed by atoms with Gasteiger partial charge in [-0.15, -0.1) is 11.3 Å². The van der Waals surface area contributed by atoms with Crippen molar-refractivity contribution < 1.29 is 19.1 Å². The van der Waals surface area contributed by atoms with E-state index in [0.29, 0.717) is 20.7 Å². The normalized spacial score (nSPS) is 12.3. The molecular weight excluding hydrogens is 285 g/mol. The molecule has 0 bridgehead atoms. The van der Waals surface area contributed by atoms with E-state index >= 15 is 0 Å². The van der Waals surface area contributed by atoms with Crippen molar-refractivity contribution in [2.45, 2.75) is 13.0 Å². The second-order valence-electron chi connectivity index (χ2n) is 4.21. The first-order valence-electron chi connectivity index (χ1n) is 5.71. The van der Waals surface area contributed by atoms with Crippen molar-refractivity contribution in [3.8, 4) is 0 Å². The second kappa shape index (κ2) is 5.51. The summed E-state index contributed by atoms with van der Waals surface area (Å²) in [5.74, 6) is -2.08. The van der Waals surface area contributed by atoms with Gasteiger partial charge in [0.05, 0.1) is 21.3 Å². The Hall–Kier alpha value is -2.06. The molecule has 106 valence electrons. The van der Waals surface area contributed by atoms with Crippen LogP contribution in [-0.2, 0) is 4.79 Å². The van der Waals surface area contributed by atoms with Crippen LogP contribution in [0.15, 0.2) is 12.3 Å². The lowest BCUT2D eigenvalue weighted by Crippen LogP contribution is -2.42. The van der Waals surface area contributed by atoms with E-state index in [4.69, 9.17) is 10.8 Å². The number of nitrogens with two attached hydrogens (primary N) is 1. The maximum Gasteiger partial charge on any atom is 0.322 e. The molecule has 0 spiro atoms. The Balaban J connectivity index is 2.19. The lowest BCUT2D eigenvalue weighted by molar-refractivity contribution is -0.138. The van der Waals surface area contributed by atoms with Gasteiger partial charge in [-0.1, -0.05) is 0 Å². The average Bonchev–Trinajstić information content (AvgIpc) is 2.84. The molecule has 1 unspecified atom stereocenters. The number of carbonyl (C=O) groups is 2. The quantitative estimate of drug-likeness (QED) is 0.777. The number of nitrogens with one attached hydrogen (secondary N) is 1. The first-order chi connectivity index (χ1) is 9.40. The molecule has 2 aromatic heterocycles. The van der Waals surface area contributed by atoms with Crippen molar-refractivity contribution >= 4 is 33.4 Å². The van der Waals surface area contributed by atoms with Crippen molar-refractivity contribution in [1.82, 2.24) is 10.3 Å². The number of rotatable bonds is 4. The number of hydrogen-bond donors (Lipinski definition) is 3. The number of hydrogen-bond acceptors (Lipinski definition) is 5. The first kappa shape index (κ1) is 14.4. The van der Waals surface area contributed by atoms with E-state index in [9.17, 15) is 14.0 Å². The van der Waals surface area contributed by atoms with E-state index in [1.165, 1.54) is 6.07 Å². The molecule has 20 heavy (non-hydrogen) atoms. The summed E-state index contributed by atoms with van der Waals surface area (Å²) in [6.45, 7) is 1.43. The third-order valence-corrected chi connectivity index (χ3v) is 3.99. The molecular formula is C12H12FN3O3S. The highest BCUT2D eigenvalue weighted by Crippen LogP contribution is 2.28. The van der Waals surface area contributed by atoms with Crippen LogP contribution in [0.5, 0.6) is 0 Å². The van der Waals surface area contributed by atoms with Gasteiger partial charge < -0.3 is 16.2 Å². The molecule has 0 aromatic carbocycles. The standard InChI is InChI=1S/C12H12FN3O3S/c1-5-6(13)3-15-8-2-9(20-10(5)8)11(17)16-4-7(14)12(18)19/h2-3,7H,4,14H2,1H3,(H,16,17)(H,18,19). The van der Waals surface area contributed by atoms with Gasteiger partial charge in [0.15, 0.2) is 0 Å². The molecule has 2 rings (SSSR count). The highest BCUT2D eigenvalue weighted by molar-refractivity contribution is 7.21. The van der Waals surface area contributed by atoms with Crippen molar-refractivity contribution in [2.24, 2.45) is 5.73 Å². The molecule has 6 nitrogen and oxygen atoms in total. The Labute approximate surface area is 117 Å². The van der Waals surface area contributed by atoms with Crippen LogP contribution >= 0.6 is 11.3 Å². The third-order valence-electron chi connectivity index (χ3n) is 2.75. The summed E-state index contributed by atoms with van der Waals surface area (Å²) < 4.78 is 14.0. The molecule has 8 heteroatoms. The zero-order valence-corrected chi connectivity index (χ0v) is 11.3. The third kappa shape index (κ3) is 2.75. The molecule has 2 aromatic rings. The number of aromatic nitrogens is 1. The predicted molar refractivity (Wildman–Crippen MR) is 72.3 cm³/mol. The number of nitrogens with zero attached hydrogens (tertiary/aromatic N) is 1. The molecule has 0 aliphatic heterocycles. The fourth-order valence-electron chi connectivity index (χ4n) is 1.57. The number of aliphatic carboxylic acids is 1. The van der Waals surface area contributed by atoms with E-state index in [1.807, 2.05) is 0 Å². The van der Waals surface area contributed by atoms with Gasteiger partial charge in [0.2, 0.25) is 0 Å². The predicted octanol–water partition coefficient (Wildman–Crippen LogP) is 0.886. The van der Waals surface area contributed by atoms with Crippen LogP contribution in [0.2, 0.25) is 0 Å². The smallest absolute Gasteiger partial charge is 0.322 e. The Morgan fingerprint density at radius 2 is 2.30 bits per heavy atom. The fraction of sp³-hybridized carbons (Fsp3) is 0.250. The lowest BCUT2D eigenvalue weighted by Gasteiger charge is -2.06. The summed E-state index contributed by atoms with van der Waals surface area (Å²) >= 11 is 1.10. The van der Waals surface area contributed by atoms with Gasteiger partial charge in [0, 0.05) is 12.1 Å². The maximum atomic E-state index is 13.4. The van der Waals surface area contributed by atoms with Crippen molar-refractivity contribution in [1.29, 1.82) is 0 Å². The van der Waals surface area contributed by atoms with Crippen molar-refractivity contribution in [3.63, 3.8) is 0 Å². The Kier molecular flexibility index (Phi) is 3.96. The van der Waals surface area contributed by atoms with Gasteiger partial charge >= 0.3 is 5.97 Å². The molecule has 1 atom stereocenters. The van der Waals surface area contributed by atoms with Gasteiger partial charge in [-0.3, -0.25) is 14.6 Å². The number of halogens is 1. The Bertz CT molecular complexity index is 686. The van der Waals surface area contributed by atoms with Gasteiger partial charge in [0.25, 0.3) is 5.91 Å². The van der Waals surface area contributed by atoms with Crippen LogP contribution in [-0.4, -0.2) is 34.6 Å². The van der Waals surface area contributed by atoms with Crippen LogP contribution in [0.25, 0.3) is 10.2 Å². The van der Waals surface area contributed by atoms with E-state index in [1.54, 1.807) is 6.92 Å². The number of thiophene rings is 1. The molecule has 0 fully saturated rings. The number of carbonyl (C=O) groups excluding carboxylic acids is 1. The first-order valence-corrected chi connectivity index (χ1v) is 6.53. The summed E-state index contributed by atoms with van der Waals surface area (Å²) in [4.78, 5) is 26.6. The second-order valence-corrected chi connectivity index (χ2v) is 5.26. The van der Waals surface area contributed by atoms with Gasteiger partial charge in [-0.2, -0.15) is 0 Å². The SMILES string of the molecule is Cc1c(F)cnc2cc(C(=O)NCC(N)C(=O)O)sc12. The number of fused-ring (bicyclic) bond motifs is 1. The van der Waals surface area contributed by atoms with E-state index in [-0.39, 0.29) is 6.54 Å². The lowest BCUT2D eigenvalue weighted by atomic mass is 10.2. The monoisotopic (exact) mass is 297 g/mol. The van der Waals surface area contributed by atoms with E-state index < -0.39 is 23.7 Å². The summed E-state index contributed by atoms with van der Waals surface area (Å²) in [6, 6.07) is 0.374. The molecule has 2 heterocycles. The van der Waals surface area contributed by atoms with Gasteiger partial charge in [0.1, 0.15) is 11.9 Å². The van der Waals surface area contributed by atoms with Crippen LogP contribution in [0.1, 0.15) is 15.2 Å². The average molecular weight is 297 g/mol. The van der Waals surface area contributed by atoms with Gasteiger partial charge in [-0.25, -0.2) is 4.39 Å².